The predicted octanol–water partition coefficient (Wildman–Crippen LogP) is 3.81. The second kappa shape index (κ2) is 11.3. The second-order valence-electron chi connectivity index (χ2n) is 7.00. The van der Waals surface area contributed by atoms with E-state index < -0.39 is 5.97 Å². The van der Waals surface area contributed by atoms with Crippen molar-refractivity contribution in [3.05, 3.63) is 58.3 Å². The van der Waals surface area contributed by atoms with Crippen LogP contribution in [0, 0.1) is 5.82 Å². The van der Waals surface area contributed by atoms with E-state index in [1.807, 2.05) is 4.90 Å². The van der Waals surface area contributed by atoms with E-state index in [2.05, 4.69) is 26.0 Å². The van der Waals surface area contributed by atoms with E-state index in [1.54, 1.807) is 30.3 Å². The number of hydrogen-bond donors (Lipinski definition) is 1. The van der Waals surface area contributed by atoms with Gasteiger partial charge in [-0.2, -0.15) is 0 Å². The fourth-order valence-corrected chi connectivity index (χ4v) is 3.75. The van der Waals surface area contributed by atoms with Crippen LogP contribution in [0.5, 0.6) is 5.75 Å². The van der Waals surface area contributed by atoms with Gasteiger partial charge in [0, 0.05) is 23.1 Å². The van der Waals surface area contributed by atoms with Crippen molar-refractivity contribution in [2.45, 2.75) is 12.5 Å². The molecule has 1 aliphatic rings. The average molecular weight is 525 g/mol. The Morgan fingerprint density at radius 3 is 2.72 bits per heavy atom. The maximum atomic E-state index is 13.3. The fourth-order valence-electron chi connectivity index (χ4n) is 3.02. The summed E-state index contributed by atoms with van der Waals surface area (Å²) in [6.07, 6.45) is -0.508. The number of Topliss-reactive ketones (excluding diaryl/α,β-unsaturated/α-hetero) is 1. The molecule has 1 atom stereocenters. The lowest BCUT2D eigenvalue weighted by atomic mass is 10.1. The molecule has 0 spiro atoms. The first-order chi connectivity index (χ1) is 15.4. The molecule has 2 aromatic rings. The molecule has 1 N–H and O–H groups in total. The van der Waals surface area contributed by atoms with Gasteiger partial charge >= 0.3 is 5.97 Å². The van der Waals surface area contributed by atoms with E-state index in [9.17, 15) is 14.0 Å². The Morgan fingerprint density at radius 1 is 1.28 bits per heavy atom. The van der Waals surface area contributed by atoms with Gasteiger partial charge in [-0.25, -0.2) is 4.39 Å². The molecule has 1 saturated heterocycles. The van der Waals surface area contributed by atoms with Crippen LogP contribution in [0.1, 0.15) is 16.8 Å². The summed E-state index contributed by atoms with van der Waals surface area (Å²) in [5, 5.41) is 3.63. The molecule has 0 bridgehead atoms. The summed E-state index contributed by atoms with van der Waals surface area (Å²) in [4.78, 5) is 25.2. The van der Waals surface area contributed by atoms with Crippen molar-refractivity contribution in [3.63, 3.8) is 0 Å². The van der Waals surface area contributed by atoms with Crippen LogP contribution in [0.2, 0.25) is 0 Å². The number of benzene rings is 2. The highest BCUT2D eigenvalue weighted by atomic mass is 79.9. The van der Waals surface area contributed by atoms with Crippen LogP contribution in [0.4, 0.5) is 10.1 Å². The van der Waals surface area contributed by atoms with Crippen LogP contribution in [-0.2, 0) is 14.3 Å². The zero-order chi connectivity index (χ0) is 23.1. The number of anilines is 1. The summed E-state index contributed by atoms with van der Waals surface area (Å²) in [6, 6.07) is 10.9. The number of carbonyl (C=O) groups is 2. The van der Waals surface area contributed by atoms with Crippen molar-refractivity contribution in [1.29, 1.82) is 0 Å². The molecule has 1 aliphatic heterocycles. The number of thiocarbonyl (C=S) groups is 1. The summed E-state index contributed by atoms with van der Waals surface area (Å²) in [6.45, 7) is 1.94. The molecule has 0 amide bonds. The number of halogens is 2. The third kappa shape index (κ3) is 6.72. The van der Waals surface area contributed by atoms with Crippen molar-refractivity contribution in [1.82, 2.24) is 4.90 Å². The molecular weight excluding hydrogens is 503 g/mol. The van der Waals surface area contributed by atoms with Crippen molar-refractivity contribution >= 4 is 50.7 Å². The fraction of sp³-hybridized carbons (Fsp3) is 0.318. The lowest BCUT2D eigenvalue weighted by Crippen LogP contribution is -2.49. The van der Waals surface area contributed by atoms with Crippen LogP contribution in [0.25, 0.3) is 0 Å². The van der Waals surface area contributed by atoms with Gasteiger partial charge in [0.2, 0.25) is 0 Å². The molecule has 10 heteroatoms. The van der Waals surface area contributed by atoms with E-state index >= 15 is 0 Å². The Labute approximate surface area is 198 Å². The normalized spacial score (nSPS) is 15.7. The number of rotatable bonds is 7. The standard InChI is InChI=1S/C22H22BrFN2O5S/c1-29-21(28)11-20(27)14-2-5-16(6-3-14)31-13-17-12-26(8-9-30-17)22(32)25-19-7-4-15(24)10-18(19)23/h2-7,10,17H,8-9,11-13H2,1H3,(H,25,32). The van der Waals surface area contributed by atoms with Crippen LogP contribution in [-0.4, -0.2) is 61.3 Å². The Hall–Kier alpha value is -2.56. The van der Waals surface area contributed by atoms with Crippen LogP contribution in [0.15, 0.2) is 46.9 Å². The van der Waals surface area contributed by atoms with E-state index in [0.29, 0.717) is 52.9 Å². The lowest BCUT2D eigenvalue weighted by Gasteiger charge is -2.34. The number of carbonyl (C=O) groups excluding carboxylic acids is 2. The molecule has 0 aliphatic carbocycles. The van der Waals surface area contributed by atoms with E-state index in [1.165, 1.54) is 19.2 Å². The summed E-state index contributed by atoms with van der Waals surface area (Å²) in [5.74, 6) is -0.647. The molecule has 170 valence electrons. The number of nitrogens with zero attached hydrogens (tertiary/aromatic N) is 1. The van der Waals surface area contributed by atoms with Gasteiger partial charge in [0.05, 0.1) is 19.4 Å². The van der Waals surface area contributed by atoms with Gasteiger partial charge in [0.1, 0.15) is 30.7 Å². The molecule has 2 aromatic carbocycles. The summed E-state index contributed by atoms with van der Waals surface area (Å²) in [7, 11) is 1.24. The largest absolute Gasteiger partial charge is 0.491 e. The monoisotopic (exact) mass is 524 g/mol. The maximum Gasteiger partial charge on any atom is 0.313 e. The molecule has 3 rings (SSSR count). The first-order valence-corrected chi connectivity index (χ1v) is 11.0. The van der Waals surface area contributed by atoms with Crippen LogP contribution >= 0.6 is 28.1 Å². The van der Waals surface area contributed by atoms with E-state index in [0.717, 1.165) is 0 Å². The lowest BCUT2D eigenvalue weighted by molar-refractivity contribution is -0.139. The highest BCUT2D eigenvalue weighted by molar-refractivity contribution is 9.10. The molecule has 0 radical (unpaired) electrons. The van der Waals surface area contributed by atoms with Gasteiger partial charge in [0.25, 0.3) is 0 Å². The maximum absolute atomic E-state index is 13.3. The smallest absolute Gasteiger partial charge is 0.313 e. The quantitative estimate of drug-likeness (QED) is 0.253. The molecule has 32 heavy (non-hydrogen) atoms. The summed E-state index contributed by atoms with van der Waals surface area (Å²) < 4.78 is 29.9. The zero-order valence-corrected chi connectivity index (χ0v) is 19.7. The molecule has 7 nitrogen and oxygen atoms in total. The number of ketones is 1. The zero-order valence-electron chi connectivity index (χ0n) is 17.3. The number of esters is 1. The topological polar surface area (TPSA) is 77.1 Å². The minimum atomic E-state index is -0.575. The van der Waals surface area contributed by atoms with Gasteiger partial charge in [-0.15, -0.1) is 0 Å². The van der Waals surface area contributed by atoms with Crippen molar-refractivity contribution < 1.29 is 28.2 Å². The molecule has 1 unspecified atom stereocenters. The first-order valence-electron chi connectivity index (χ1n) is 9.81. The number of morpholine rings is 1. The highest BCUT2D eigenvalue weighted by Gasteiger charge is 2.23. The molecular formula is C22H22BrFN2O5S. The van der Waals surface area contributed by atoms with Gasteiger partial charge in [-0.05, 0) is 70.6 Å². The van der Waals surface area contributed by atoms with Crippen LogP contribution < -0.4 is 10.1 Å². The van der Waals surface area contributed by atoms with Crippen molar-refractivity contribution in [3.8, 4) is 5.75 Å². The molecule has 1 fully saturated rings. The van der Waals surface area contributed by atoms with Gasteiger partial charge in [0.15, 0.2) is 10.9 Å². The van der Waals surface area contributed by atoms with Gasteiger partial charge in [-0.3, -0.25) is 9.59 Å². The van der Waals surface area contributed by atoms with Gasteiger partial charge in [-0.1, -0.05) is 0 Å². The van der Waals surface area contributed by atoms with Crippen molar-refractivity contribution in [2.75, 3.05) is 38.7 Å². The highest BCUT2D eigenvalue weighted by Crippen LogP contribution is 2.24. The van der Waals surface area contributed by atoms with E-state index in [4.69, 9.17) is 21.7 Å². The first kappa shape index (κ1) is 24.1. The number of methoxy groups -OCH3 is 1. The molecule has 0 aromatic heterocycles. The minimum Gasteiger partial charge on any atom is -0.491 e. The third-order valence-electron chi connectivity index (χ3n) is 4.74. The summed E-state index contributed by atoms with van der Waals surface area (Å²) >= 11 is 8.82. The third-order valence-corrected chi connectivity index (χ3v) is 5.76. The second-order valence-corrected chi connectivity index (χ2v) is 8.25. The minimum absolute atomic E-state index is 0.208. The number of nitrogens with one attached hydrogen (secondary N) is 1. The Balaban J connectivity index is 1.50. The number of hydrogen-bond acceptors (Lipinski definition) is 6. The SMILES string of the molecule is COC(=O)CC(=O)c1ccc(OCC2CN(C(=S)Nc3ccc(F)cc3Br)CCO2)cc1. The van der Waals surface area contributed by atoms with Crippen molar-refractivity contribution in [2.24, 2.45) is 0 Å². The predicted molar refractivity (Wildman–Crippen MR) is 125 cm³/mol. The Morgan fingerprint density at radius 2 is 2.03 bits per heavy atom. The molecule has 0 saturated carbocycles. The van der Waals surface area contributed by atoms with Crippen LogP contribution in [0.3, 0.4) is 0 Å². The summed E-state index contributed by atoms with van der Waals surface area (Å²) in [5.41, 5.74) is 1.09. The molecule has 1 heterocycles. The van der Waals surface area contributed by atoms with Gasteiger partial charge < -0.3 is 24.4 Å². The Bertz CT molecular complexity index is 989. The number of ether oxygens (including phenoxy) is 3. The van der Waals surface area contributed by atoms with E-state index in [-0.39, 0.29) is 24.1 Å². The average Bonchev–Trinajstić information content (AvgIpc) is 2.79. The Kier molecular flexibility index (Phi) is 8.54.